The maximum absolute atomic E-state index is 12.9. The number of rotatable bonds is 7. The molecule has 3 atom stereocenters. The Hall–Kier alpha value is -1.53. The summed E-state index contributed by atoms with van der Waals surface area (Å²) in [5, 5.41) is -0.357. The van der Waals surface area contributed by atoms with E-state index in [1.807, 2.05) is 0 Å². The lowest BCUT2D eigenvalue weighted by molar-refractivity contribution is -0.692. The van der Waals surface area contributed by atoms with Crippen LogP contribution in [0.3, 0.4) is 0 Å². The van der Waals surface area contributed by atoms with Crippen LogP contribution >= 0.6 is 8.46 Å². The zero-order valence-corrected chi connectivity index (χ0v) is 18.6. The second-order valence-corrected chi connectivity index (χ2v) is 9.13. The average Bonchev–Trinajstić information content (AvgIpc) is 2.75. The summed E-state index contributed by atoms with van der Waals surface area (Å²) in [4.78, 5) is 0. The third kappa shape index (κ3) is 2.88. The smallest absolute Gasteiger partial charge is 0.192 e. The van der Waals surface area contributed by atoms with Gasteiger partial charge in [-0.1, -0.05) is 50.8 Å². The third-order valence-electron chi connectivity index (χ3n) is 6.97. The fourth-order valence-corrected chi connectivity index (χ4v) is 6.13. The van der Waals surface area contributed by atoms with Gasteiger partial charge in [-0.2, -0.15) is 4.57 Å². The fraction of sp³-hybridized carbons (Fsp3) is 0.542. The molecular formula is C24H34NOP+2. The molecule has 2 heterocycles. The Morgan fingerprint density at radius 2 is 1.81 bits per heavy atom. The lowest BCUT2D eigenvalue weighted by atomic mass is 9.66. The maximum Gasteiger partial charge on any atom is 0.343 e. The predicted molar refractivity (Wildman–Crippen MR) is 115 cm³/mol. The minimum Gasteiger partial charge on any atom is -0.192 e. The predicted octanol–water partition coefficient (Wildman–Crippen LogP) is 6.31. The molecule has 27 heavy (non-hydrogen) atoms. The van der Waals surface area contributed by atoms with E-state index < -0.39 is 0 Å². The molecule has 0 amide bonds. The van der Waals surface area contributed by atoms with E-state index in [1.165, 1.54) is 40.9 Å². The second-order valence-electron chi connectivity index (χ2n) is 8.07. The molecular weight excluding hydrogens is 349 g/mol. The summed E-state index contributed by atoms with van der Waals surface area (Å²) in [6, 6.07) is 13.7. The SMILES string of the molecule is CCCCc1ccc2c(c1)-c1cccc([n+]1CC)C(CC)([PH+]=O)C2(C)CC. The summed E-state index contributed by atoms with van der Waals surface area (Å²) in [7, 11) is -0.367. The Balaban J connectivity index is 2.40. The highest BCUT2D eigenvalue weighted by Crippen LogP contribution is 2.57. The van der Waals surface area contributed by atoms with Crippen molar-refractivity contribution >= 4 is 8.46 Å². The Bertz CT molecular complexity index is 846. The normalized spacial score (nSPS) is 23.9. The van der Waals surface area contributed by atoms with Gasteiger partial charge < -0.3 is 0 Å². The molecule has 144 valence electrons. The highest BCUT2D eigenvalue weighted by Gasteiger charge is 2.62. The number of nitrogens with zero attached hydrogens (tertiary/aromatic N) is 1. The van der Waals surface area contributed by atoms with Crippen LogP contribution in [0.15, 0.2) is 36.4 Å². The van der Waals surface area contributed by atoms with Crippen LogP contribution in [-0.4, -0.2) is 0 Å². The van der Waals surface area contributed by atoms with Gasteiger partial charge in [-0.25, -0.2) is 0 Å². The van der Waals surface area contributed by atoms with Crippen LogP contribution in [0.5, 0.6) is 0 Å². The number of hydrogen-bond acceptors (Lipinski definition) is 1. The van der Waals surface area contributed by atoms with Gasteiger partial charge in [0.25, 0.3) is 5.16 Å². The van der Waals surface area contributed by atoms with E-state index in [4.69, 9.17) is 0 Å². The minimum absolute atomic E-state index is 0.159. The Morgan fingerprint density at radius 3 is 2.41 bits per heavy atom. The quantitative estimate of drug-likeness (QED) is 0.405. The monoisotopic (exact) mass is 383 g/mol. The minimum atomic E-state index is -0.367. The molecule has 0 saturated heterocycles. The topological polar surface area (TPSA) is 20.9 Å². The largest absolute Gasteiger partial charge is 0.343 e. The lowest BCUT2D eigenvalue weighted by Gasteiger charge is -2.37. The van der Waals surface area contributed by atoms with Crippen molar-refractivity contribution < 1.29 is 9.13 Å². The van der Waals surface area contributed by atoms with Gasteiger partial charge in [-0.15, -0.1) is 0 Å². The first kappa shape index (κ1) is 20.2. The van der Waals surface area contributed by atoms with E-state index in [0.29, 0.717) is 0 Å². The van der Waals surface area contributed by atoms with Gasteiger partial charge >= 0.3 is 8.46 Å². The molecule has 3 rings (SSSR count). The number of pyridine rings is 1. The van der Waals surface area contributed by atoms with E-state index in [9.17, 15) is 4.57 Å². The van der Waals surface area contributed by atoms with Crippen LogP contribution in [0, 0.1) is 0 Å². The van der Waals surface area contributed by atoms with Gasteiger partial charge in [0.15, 0.2) is 0 Å². The van der Waals surface area contributed by atoms with Gasteiger partial charge in [-0.05, 0) is 49.4 Å². The number of hydrogen-bond donors (Lipinski definition) is 0. The molecule has 0 N–H and O–H groups in total. The van der Waals surface area contributed by atoms with Crippen molar-refractivity contribution in [1.82, 2.24) is 0 Å². The first-order chi connectivity index (χ1) is 13.0. The van der Waals surface area contributed by atoms with E-state index >= 15 is 0 Å². The molecule has 0 spiro atoms. The van der Waals surface area contributed by atoms with Crippen molar-refractivity contribution in [3.63, 3.8) is 0 Å². The molecule has 3 heteroatoms. The molecule has 1 aliphatic heterocycles. The Kier molecular flexibility index (Phi) is 5.87. The molecule has 0 saturated carbocycles. The molecule has 0 aliphatic carbocycles. The van der Waals surface area contributed by atoms with Crippen LogP contribution < -0.4 is 4.57 Å². The average molecular weight is 384 g/mol. The molecule has 1 aromatic heterocycles. The first-order valence-corrected chi connectivity index (χ1v) is 11.5. The van der Waals surface area contributed by atoms with Gasteiger partial charge in [0.05, 0.1) is 11.0 Å². The zero-order valence-electron chi connectivity index (χ0n) is 17.6. The van der Waals surface area contributed by atoms with Crippen molar-refractivity contribution in [2.24, 2.45) is 0 Å². The van der Waals surface area contributed by atoms with Crippen LogP contribution in [0.2, 0.25) is 0 Å². The summed E-state index contributed by atoms with van der Waals surface area (Å²) >= 11 is 0. The molecule has 3 unspecified atom stereocenters. The van der Waals surface area contributed by atoms with E-state index in [1.54, 1.807) is 0 Å². The number of aryl methyl sites for hydroxylation is 1. The van der Waals surface area contributed by atoms with Crippen LogP contribution in [0.1, 0.15) is 77.1 Å². The van der Waals surface area contributed by atoms with E-state index in [0.717, 1.165) is 25.8 Å². The molecule has 1 aromatic carbocycles. The third-order valence-corrected chi connectivity index (χ3v) is 8.48. The highest BCUT2D eigenvalue weighted by atomic mass is 31.1. The van der Waals surface area contributed by atoms with Crippen molar-refractivity contribution in [2.75, 3.05) is 0 Å². The molecule has 2 bridgehead atoms. The summed E-state index contributed by atoms with van der Waals surface area (Å²) in [5.41, 5.74) is 6.46. The second kappa shape index (κ2) is 7.84. The van der Waals surface area contributed by atoms with Gasteiger partial charge in [0.1, 0.15) is 6.54 Å². The summed E-state index contributed by atoms with van der Waals surface area (Å²) in [5.74, 6) is 0. The number of benzene rings is 1. The maximum atomic E-state index is 12.9. The molecule has 0 fully saturated rings. The summed E-state index contributed by atoms with van der Waals surface area (Å²) in [6.07, 6.45) is 5.41. The number of fused-ring (bicyclic) bond motifs is 4. The van der Waals surface area contributed by atoms with Crippen molar-refractivity contribution in [3.8, 4) is 11.3 Å². The van der Waals surface area contributed by atoms with Gasteiger partial charge in [0, 0.05) is 18.6 Å². The van der Waals surface area contributed by atoms with Crippen molar-refractivity contribution in [1.29, 1.82) is 0 Å². The zero-order chi connectivity index (χ0) is 19.7. The number of unbranched alkanes of at least 4 members (excludes halogenated alkanes) is 1. The molecule has 1 aliphatic rings. The highest BCUT2D eigenvalue weighted by molar-refractivity contribution is 7.25. The Morgan fingerprint density at radius 1 is 1.04 bits per heavy atom. The lowest BCUT2D eigenvalue weighted by Crippen LogP contribution is -2.50. The van der Waals surface area contributed by atoms with E-state index in [2.05, 4.69) is 75.6 Å². The van der Waals surface area contributed by atoms with Crippen molar-refractivity contribution in [3.05, 3.63) is 53.2 Å². The fourth-order valence-electron chi connectivity index (χ4n) is 5.12. The van der Waals surface area contributed by atoms with Crippen LogP contribution in [0.25, 0.3) is 11.3 Å². The molecule has 2 aromatic rings. The first-order valence-electron chi connectivity index (χ1n) is 10.6. The van der Waals surface area contributed by atoms with Crippen LogP contribution in [-0.2, 0) is 28.1 Å². The van der Waals surface area contributed by atoms with Gasteiger partial charge in [-0.3, -0.25) is 0 Å². The van der Waals surface area contributed by atoms with E-state index in [-0.39, 0.29) is 19.0 Å². The van der Waals surface area contributed by atoms with Crippen LogP contribution in [0.4, 0.5) is 0 Å². The molecule has 2 nitrogen and oxygen atoms in total. The molecule has 0 radical (unpaired) electrons. The van der Waals surface area contributed by atoms with Crippen molar-refractivity contribution in [2.45, 2.75) is 83.8 Å². The Labute approximate surface area is 166 Å². The number of aromatic nitrogens is 1. The summed E-state index contributed by atoms with van der Waals surface area (Å²) in [6.45, 7) is 12.1. The van der Waals surface area contributed by atoms with Gasteiger partial charge in [0.2, 0.25) is 11.4 Å². The summed E-state index contributed by atoms with van der Waals surface area (Å²) < 4.78 is 15.3. The standard InChI is InChI=1S/C24H33NOP/c1-6-10-12-18-15-16-20-19(17-18)21-13-11-14-22(25(21)9-4)24(8-3,27-26)23(20,5)7-2/h11,13-17H,6-10,12H2,1-5H3/q+1/p+1.